The van der Waals surface area contributed by atoms with Crippen molar-refractivity contribution in [2.75, 3.05) is 7.11 Å². The summed E-state index contributed by atoms with van der Waals surface area (Å²) in [6.07, 6.45) is 2.83. The van der Waals surface area contributed by atoms with Crippen LogP contribution in [-0.4, -0.2) is 22.6 Å². The minimum atomic E-state index is -0.488. The van der Waals surface area contributed by atoms with Gasteiger partial charge in [0.25, 0.3) is 0 Å². The molecule has 4 nitrogen and oxygen atoms in total. The fraction of sp³-hybridized carbons (Fsp3) is 0.263. The highest BCUT2D eigenvalue weighted by atomic mass is 35.5. The van der Waals surface area contributed by atoms with Gasteiger partial charge in [-0.1, -0.05) is 24.6 Å². The largest absolute Gasteiger partial charge is 0.464 e. The summed E-state index contributed by atoms with van der Waals surface area (Å²) in [5, 5.41) is 0.926. The third-order valence-electron chi connectivity index (χ3n) is 4.37. The van der Waals surface area contributed by atoms with Crippen molar-refractivity contribution in [2.24, 2.45) is 0 Å². The Morgan fingerprint density at radius 3 is 2.76 bits per heavy atom. The standard InChI is InChI=1S/C19H18ClFN2O2/c1-4-11(2)23-10-14(12-5-7-15(20)16(21)9-12)13-6-8-17(19(24)25-3)22-18(13)23/h5-11H,4H2,1-3H3/t11-/m0/s1. The number of hydrogen-bond acceptors (Lipinski definition) is 3. The SMILES string of the molecule is CC[C@H](C)n1cc(-c2ccc(Cl)c(F)c2)c2ccc(C(=O)OC)nc21. The van der Waals surface area contributed by atoms with Gasteiger partial charge in [0, 0.05) is 23.2 Å². The van der Waals surface area contributed by atoms with E-state index in [2.05, 4.69) is 18.8 Å². The lowest BCUT2D eigenvalue weighted by molar-refractivity contribution is 0.0594. The first-order valence-electron chi connectivity index (χ1n) is 8.01. The van der Waals surface area contributed by atoms with Crippen LogP contribution in [0.1, 0.15) is 36.8 Å². The number of rotatable bonds is 4. The van der Waals surface area contributed by atoms with Crippen molar-refractivity contribution < 1.29 is 13.9 Å². The molecule has 3 aromatic rings. The number of benzene rings is 1. The van der Waals surface area contributed by atoms with Crippen molar-refractivity contribution in [3.8, 4) is 11.1 Å². The van der Waals surface area contributed by atoms with E-state index in [-0.39, 0.29) is 16.8 Å². The molecule has 0 aliphatic rings. The molecule has 0 aliphatic carbocycles. The van der Waals surface area contributed by atoms with Crippen LogP contribution in [0, 0.1) is 5.82 Å². The normalized spacial score (nSPS) is 12.4. The second kappa shape index (κ2) is 6.84. The van der Waals surface area contributed by atoms with Gasteiger partial charge in [0.2, 0.25) is 0 Å². The third-order valence-corrected chi connectivity index (χ3v) is 4.68. The van der Waals surface area contributed by atoms with Crippen LogP contribution in [0.2, 0.25) is 5.02 Å². The van der Waals surface area contributed by atoms with Crippen LogP contribution >= 0.6 is 11.6 Å². The molecule has 6 heteroatoms. The molecule has 0 saturated heterocycles. The maximum absolute atomic E-state index is 13.9. The minimum Gasteiger partial charge on any atom is -0.464 e. The highest BCUT2D eigenvalue weighted by Gasteiger charge is 2.18. The maximum Gasteiger partial charge on any atom is 0.356 e. The molecule has 25 heavy (non-hydrogen) atoms. The first kappa shape index (κ1) is 17.4. The van der Waals surface area contributed by atoms with E-state index in [9.17, 15) is 9.18 Å². The molecule has 2 aromatic heterocycles. The van der Waals surface area contributed by atoms with E-state index in [0.717, 1.165) is 17.4 Å². The quantitative estimate of drug-likeness (QED) is 0.596. The van der Waals surface area contributed by atoms with E-state index in [0.29, 0.717) is 11.2 Å². The van der Waals surface area contributed by atoms with Crippen molar-refractivity contribution >= 4 is 28.6 Å². The highest BCUT2D eigenvalue weighted by molar-refractivity contribution is 6.30. The summed E-state index contributed by atoms with van der Waals surface area (Å²) >= 11 is 5.79. The number of halogens is 2. The van der Waals surface area contributed by atoms with E-state index >= 15 is 0 Å². The Morgan fingerprint density at radius 1 is 1.36 bits per heavy atom. The molecule has 0 amide bonds. The Hall–Kier alpha value is -2.40. The van der Waals surface area contributed by atoms with E-state index in [1.807, 2.05) is 16.8 Å². The van der Waals surface area contributed by atoms with Gasteiger partial charge in [0.15, 0.2) is 5.69 Å². The Kier molecular flexibility index (Phi) is 4.77. The summed E-state index contributed by atoms with van der Waals surface area (Å²) in [7, 11) is 1.32. The second-order valence-electron chi connectivity index (χ2n) is 5.90. The molecule has 0 fully saturated rings. The average Bonchev–Trinajstić information content (AvgIpc) is 3.01. The maximum atomic E-state index is 13.9. The zero-order chi connectivity index (χ0) is 18.1. The summed E-state index contributed by atoms with van der Waals surface area (Å²) in [5.41, 5.74) is 2.46. The van der Waals surface area contributed by atoms with Gasteiger partial charge in [-0.15, -0.1) is 0 Å². The number of nitrogens with zero attached hydrogens (tertiary/aromatic N) is 2. The van der Waals surface area contributed by atoms with Crippen LogP contribution in [0.5, 0.6) is 0 Å². The van der Waals surface area contributed by atoms with Crippen LogP contribution in [0.25, 0.3) is 22.2 Å². The molecule has 1 atom stereocenters. The molecule has 0 unspecified atom stereocenters. The topological polar surface area (TPSA) is 44.1 Å². The van der Waals surface area contributed by atoms with Gasteiger partial charge in [-0.3, -0.25) is 0 Å². The van der Waals surface area contributed by atoms with Crippen LogP contribution in [0.15, 0.2) is 36.5 Å². The number of methoxy groups -OCH3 is 1. The summed E-state index contributed by atoms with van der Waals surface area (Å²) < 4.78 is 20.7. The molecule has 1 aromatic carbocycles. The molecule has 130 valence electrons. The summed E-state index contributed by atoms with van der Waals surface area (Å²) in [4.78, 5) is 16.3. The number of ether oxygens (including phenoxy) is 1. The van der Waals surface area contributed by atoms with Gasteiger partial charge < -0.3 is 9.30 Å². The van der Waals surface area contributed by atoms with Gasteiger partial charge in [0.05, 0.1) is 12.1 Å². The number of pyridine rings is 1. The lowest BCUT2D eigenvalue weighted by Crippen LogP contribution is -2.07. The van der Waals surface area contributed by atoms with Crippen LogP contribution in [0.3, 0.4) is 0 Å². The number of carbonyl (C=O) groups excluding carboxylic acids is 1. The fourth-order valence-corrected chi connectivity index (χ4v) is 2.89. The van der Waals surface area contributed by atoms with E-state index < -0.39 is 11.8 Å². The number of hydrogen-bond donors (Lipinski definition) is 0. The van der Waals surface area contributed by atoms with E-state index in [1.54, 1.807) is 12.1 Å². The van der Waals surface area contributed by atoms with Gasteiger partial charge in [-0.2, -0.15) is 0 Å². The second-order valence-corrected chi connectivity index (χ2v) is 6.30. The van der Waals surface area contributed by atoms with Crippen molar-refractivity contribution in [2.45, 2.75) is 26.3 Å². The zero-order valence-electron chi connectivity index (χ0n) is 14.2. The Morgan fingerprint density at radius 2 is 2.12 bits per heavy atom. The van der Waals surface area contributed by atoms with Crippen molar-refractivity contribution in [3.05, 3.63) is 53.1 Å². The number of carbonyl (C=O) groups is 1. The molecule has 3 rings (SSSR count). The molecular formula is C19H18ClFN2O2. The minimum absolute atomic E-state index is 0.0838. The molecule has 0 aliphatic heterocycles. The molecule has 0 bridgehead atoms. The average molecular weight is 361 g/mol. The summed E-state index contributed by atoms with van der Waals surface area (Å²) in [6.45, 7) is 4.14. The van der Waals surface area contributed by atoms with E-state index in [4.69, 9.17) is 16.3 Å². The third kappa shape index (κ3) is 3.12. The van der Waals surface area contributed by atoms with E-state index in [1.165, 1.54) is 19.2 Å². The predicted molar refractivity (Wildman–Crippen MR) is 96.5 cm³/mol. The Labute approximate surface area is 150 Å². The van der Waals surface area contributed by atoms with Crippen LogP contribution in [0.4, 0.5) is 4.39 Å². The summed E-state index contributed by atoms with van der Waals surface area (Å²) in [5.74, 6) is -0.958. The van der Waals surface area contributed by atoms with Crippen LogP contribution in [-0.2, 0) is 4.74 Å². The highest BCUT2D eigenvalue weighted by Crippen LogP contribution is 2.34. The van der Waals surface area contributed by atoms with Gasteiger partial charge in [-0.05, 0) is 43.2 Å². The van der Waals surface area contributed by atoms with Crippen molar-refractivity contribution in [3.63, 3.8) is 0 Å². The number of esters is 1. The number of aromatic nitrogens is 2. The summed E-state index contributed by atoms with van der Waals surface area (Å²) in [6, 6.07) is 8.32. The lowest BCUT2D eigenvalue weighted by Gasteiger charge is -2.12. The van der Waals surface area contributed by atoms with Gasteiger partial charge in [-0.25, -0.2) is 14.2 Å². The Bertz CT molecular complexity index is 952. The van der Waals surface area contributed by atoms with Crippen molar-refractivity contribution in [1.82, 2.24) is 9.55 Å². The molecule has 0 spiro atoms. The Balaban J connectivity index is 2.25. The monoisotopic (exact) mass is 360 g/mol. The predicted octanol–water partition coefficient (Wildman–Crippen LogP) is 5.25. The molecule has 0 radical (unpaired) electrons. The molecular weight excluding hydrogens is 343 g/mol. The fourth-order valence-electron chi connectivity index (χ4n) is 2.77. The van der Waals surface area contributed by atoms with Gasteiger partial charge in [0.1, 0.15) is 11.5 Å². The van der Waals surface area contributed by atoms with Gasteiger partial charge >= 0.3 is 5.97 Å². The molecule has 2 heterocycles. The number of fused-ring (bicyclic) bond motifs is 1. The zero-order valence-corrected chi connectivity index (χ0v) is 15.0. The molecule has 0 saturated carbocycles. The smallest absolute Gasteiger partial charge is 0.356 e. The molecule has 0 N–H and O–H groups in total. The van der Waals surface area contributed by atoms with Crippen molar-refractivity contribution in [1.29, 1.82) is 0 Å². The first-order chi connectivity index (χ1) is 12.0. The lowest BCUT2D eigenvalue weighted by atomic mass is 10.1. The van der Waals surface area contributed by atoms with Crippen LogP contribution < -0.4 is 0 Å². The first-order valence-corrected chi connectivity index (χ1v) is 8.39.